The first-order chi connectivity index (χ1) is 18.1. The molecule has 1 aliphatic heterocycles. The molecule has 0 aliphatic carbocycles. The quantitative estimate of drug-likeness (QED) is 0.408. The van der Waals surface area contributed by atoms with E-state index in [2.05, 4.69) is 9.72 Å². The van der Waals surface area contributed by atoms with Gasteiger partial charge in [0.15, 0.2) is 6.10 Å². The molecular formula is C24H18F8N2O5. The van der Waals surface area contributed by atoms with E-state index in [1.165, 1.54) is 18.2 Å². The number of pyridine rings is 1. The third-order valence-corrected chi connectivity index (χ3v) is 5.28. The van der Waals surface area contributed by atoms with Gasteiger partial charge in [-0.3, -0.25) is 4.79 Å². The molecule has 210 valence electrons. The van der Waals surface area contributed by atoms with Gasteiger partial charge in [-0.15, -0.1) is 13.2 Å². The van der Waals surface area contributed by atoms with Crippen LogP contribution in [0.4, 0.5) is 35.1 Å². The first-order valence-electron chi connectivity index (χ1n) is 10.9. The molecule has 1 saturated heterocycles. The zero-order valence-corrected chi connectivity index (χ0v) is 19.5. The van der Waals surface area contributed by atoms with Gasteiger partial charge < -0.3 is 19.5 Å². The number of aromatic nitrogens is 1. The highest BCUT2D eigenvalue weighted by atomic mass is 19.4. The maximum absolute atomic E-state index is 14.5. The van der Waals surface area contributed by atoms with Crippen molar-refractivity contribution in [3.05, 3.63) is 66.2 Å². The summed E-state index contributed by atoms with van der Waals surface area (Å²) in [7, 11) is 0. The van der Waals surface area contributed by atoms with Crippen LogP contribution in [0.25, 0.3) is 10.9 Å². The Kier molecular flexibility index (Phi) is 8.51. The zero-order chi connectivity index (χ0) is 29.0. The lowest BCUT2D eigenvalue weighted by molar-refractivity contribution is -0.274. The van der Waals surface area contributed by atoms with Gasteiger partial charge in [-0.05, 0) is 24.3 Å². The van der Waals surface area contributed by atoms with Gasteiger partial charge in [-0.2, -0.15) is 13.2 Å². The number of fused-ring (bicyclic) bond motifs is 1. The fourth-order valence-corrected chi connectivity index (χ4v) is 3.46. The van der Waals surface area contributed by atoms with Crippen molar-refractivity contribution >= 4 is 22.8 Å². The molecule has 2 heterocycles. The molecule has 1 amide bonds. The van der Waals surface area contributed by atoms with E-state index in [9.17, 15) is 39.9 Å². The van der Waals surface area contributed by atoms with Crippen molar-refractivity contribution in [2.75, 3.05) is 13.1 Å². The molecule has 0 spiro atoms. The van der Waals surface area contributed by atoms with Crippen LogP contribution >= 0.6 is 0 Å². The first kappa shape index (κ1) is 29.4. The average Bonchev–Trinajstić information content (AvgIpc) is 2.84. The highest BCUT2D eigenvalue weighted by Crippen LogP contribution is 2.34. The molecule has 0 saturated carbocycles. The number of ether oxygens (including phenoxy) is 2. The van der Waals surface area contributed by atoms with Gasteiger partial charge in [0.25, 0.3) is 11.8 Å². The van der Waals surface area contributed by atoms with Crippen LogP contribution in [-0.2, 0) is 4.79 Å². The molecule has 1 unspecified atom stereocenters. The molecule has 1 fully saturated rings. The number of halogens is 8. The summed E-state index contributed by atoms with van der Waals surface area (Å²) in [6, 6.07) is 15.0. The Balaban J connectivity index is 0.000000532. The summed E-state index contributed by atoms with van der Waals surface area (Å²) < 4.78 is 108. The number of para-hydroxylation sites is 2. The largest absolute Gasteiger partial charge is 0.573 e. The fourth-order valence-electron chi connectivity index (χ4n) is 3.46. The van der Waals surface area contributed by atoms with E-state index >= 15 is 0 Å². The fraction of sp³-hybridized carbons (Fsp3) is 0.292. The predicted octanol–water partition coefficient (Wildman–Crippen LogP) is 5.70. The van der Waals surface area contributed by atoms with Crippen molar-refractivity contribution < 1.29 is 59.3 Å². The topological polar surface area (TPSA) is 89.0 Å². The number of hydrogen-bond donors (Lipinski definition) is 1. The second kappa shape index (κ2) is 11.3. The SMILES string of the molecule is O=C(O)C(F)(F)F.O=C(c1ccccc1OC(F)(F)F)N1CCC(F)(F)C(Oc2ccc3ccccc3n2)C1. The lowest BCUT2D eigenvalue weighted by Gasteiger charge is -2.38. The summed E-state index contributed by atoms with van der Waals surface area (Å²) >= 11 is 0. The highest BCUT2D eigenvalue weighted by Gasteiger charge is 2.48. The minimum atomic E-state index is -5.08. The molecule has 3 aromatic rings. The van der Waals surface area contributed by atoms with E-state index in [1.807, 2.05) is 12.1 Å². The summed E-state index contributed by atoms with van der Waals surface area (Å²) in [4.78, 5) is 27.0. The summed E-state index contributed by atoms with van der Waals surface area (Å²) in [5.41, 5.74) is 0.174. The van der Waals surface area contributed by atoms with Crippen molar-refractivity contribution in [1.29, 1.82) is 0 Å². The Morgan fingerprint density at radius 3 is 2.21 bits per heavy atom. The van der Waals surface area contributed by atoms with E-state index in [1.54, 1.807) is 18.2 Å². The second-order valence-corrected chi connectivity index (χ2v) is 8.06. The third-order valence-electron chi connectivity index (χ3n) is 5.28. The number of amides is 1. The van der Waals surface area contributed by atoms with Gasteiger partial charge in [-0.1, -0.05) is 30.3 Å². The molecule has 15 heteroatoms. The number of benzene rings is 2. The van der Waals surface area contributed by atoms with Crippen molar-refractivity contribution in [2.24, 2.45) is 0 Å². The van der Waals surface area contributed by atoms with Gasteiger partial charge in [0.2, 0.25) is 5.88 Å². The van der Waals surface area contributed by atoms with Crippen molar-refractivity contribution in [3.8, 4) is 11.6 Å². The Morgan fingerprint density at radius 2 is 1.56 bits per heavy atom. The Hall–Kier alpha value is -4.17. The normalized spacial score (nSPS) is 17.1. The molecular weight excluding hydrogens is 548 g/mol. The molecule has 4 rings (SSSR count). The lowest BCUT2D eigenvalue weighted by Crippen LogP contribution is -2.55. The number of hydrogen-bond acceptors (Lipinski definition) is 5. The molecule has 39 heavy (non-hydrogen) atoms. The Morgan fingerprint density at radius 1 is 0.949 bits per heavy atom. The number of carbonyl (C=O) groups excluding carboxylic acids is 1. The maximum atomic E-state index is 14.5. The van der Waals surface area contributed by atoms with Crippen molar-refractivity contribution in [2.45, 2.75) is 31.0 Å². The Bertz CT molecular complexity index is 1330. The highest BCUT2D eigenvalue weighted by molar-refractivity contribution is 5.97. The summed E-state index contributed by atoms with van der Waals surface area (Å²) in [6.07, 6.45) is -12.5. The maximum Gasteiger partial charge on any atom is 0.573 e. The predicted molar refractivity (Wildman–Crippen MR) is 118 cm³/mol. The molecule has 0 radical (unpaired) electrons. The first-order valence-corrected chi connectivity index (χ1v) is 10.9. The van der Waals surface area contributed by atoms with E-state index in [0.29, 0.717) is 5.52 Å². The van der Waals surface area contributed by atoms with Crippen LogP contribution in [0.1, 0.15) is 16.8 Å². The van der Waals surface area contributed by atoms with Crippen LogP contribution in [-0.4, -0.2) is 64.5 Å². The van der Waals surface area contributed by atoms with E-state index in [4.69, 9.17) is 14.6 Å². The molecule has 7 nitrogen and oxygen atoms in total. The van der Waals surface area contributed by atoms with E-state index in [-0.39, 0.29) is 18.0 Å². The number of rotatable bonds is 4. The van der Waals surface area contributed by atoms with Gasteiger partial charge in [0.1, 0.15) is 5.75 Å². The van der Waals surface area contributed by atoms with Crippen molar-refractivity contribution in [1.82, 2.24) is 9.88 Å². The Labute approximate surface area is 214 Å². The molecule has 1 aromatic heterocycles. The number of piperidine rings is 1. The standard InChI is InChI=1S/C22H17F5N2O3.C2HF3O2/c23-21(24)11-12-29(20(30)15-6-2-4-8-17(15)32-22(25,26)27)13-18(21)31-19-10-9-14-5-1-3-7-16(14)28-19;3-2(4,5)1(6)7/h1-10,18H,11-13H2;(H,6,7). The van der Waals surface area contributed by atoms with Gasteiger partial charge in [0.05, 0.1) is 17.6 Å². The number of likely N-dealkylation sites (tertiary alicyclic amines) is 1. The number of carbonyl (C=O) groups is 2. The number of nitrogens with zero attached hydrogens (tertiary/aromatic N) is 2. The smallest absolute Gasteiger partial charge is 0.475 e. The minimum absolute atomic E-state index is 0.0384. The summed E-state index contributed by atoms with van der Waals surface area (Å²) in [5.74, 6) is -7.61. The van der Waals surface area contributed by atoms with Crippen LogP contribution in [0.5, 0.6) is 11.6 Å². The van der Waals surface area contributed by atoms with Crippen LogP contribution in [0, 0.1) is 0 Å². The number of aliphatic carboxylic acids is 1. The van der Waals surface area contributed by atoms with Crippen LogP contribution in [0.2, 0.25) is 0 Å². The van der Waals surface area contributed by atoms with Gasteiger partial charge in [-0.25, -0.2) is 18.6 Å². The molecule has 2 aromatic carbocycles. The van der Waals surface area contributed by atoms with Gasteiger partial charge in [0, 0.05) is 24.4 Å². The molecule has 1 N–H and O–H groups in total. The molecule has 1 atom stereocenters. The second-order valence-electron chi connectivity index (χ2n) is 8.06. The number of carboxylic acids is 1. The summed E-state index contributed by atoms with van der Waals surface area (Å²) in [5, 5.41) is 7.92. The van der Waals surface area contributed by atoms with Gasteiger partial charge >= 0.3 is 18.5 Å². The molecule has 1 aliphatic rings. The lowest BCUT2D eigenvalue weighted by atomic mass is 10.0. The van der Waals surface area contributed by atoms with E-state index < -0.39 is 55.2 Å². The third kappa shape index (κ3) is 7.91. The monoisotopic (exact) mass is 566 g/mol. The summed E-state index contributed by atoms with van der Waals surface area (Å²) in [6.45, 7) is -0.877. The van der Waals surface area contributed by atoms with Crippen LogP contribution in [0.15, 0.2) is 60.7 Å². The van der Waals surface area contributed by atoms with E-state index in [0.717, 1.165) is 22.4 Å². The van der Waals surface area contributed by atoms with Crippen molar-refractivity contribution in [3.63, 3.8) is 0 Å². The average molecular weight is 566 g/mol. The number of carboxylic acid groups (broad SMARTS) is 1. The molecule has 0 bridgehead atoms. The minimum Gasteiger partial charge on any atom is -0.475 e. The zero-order valence-electron chi connectivity index (χ0n) is 19.5. The van der Waals surface area contributed by atoms with Crippen LogP contribution < -0.4 is 9.47 Å². The number of alkyl halides is 8. The van der Waals surface area contributed by atoms with Crippen LogP contribution in [0.3, 0.4) is 0 Å².